The SMILES string of the molecule is Clc1cc2c(s1)CCCC2Nc1ccc(I)cc1Cl. The van der Waals surface area contributed by atoms with Gasteiger partial charge in [-0.2, -0.15) is 0 Å². The first kappa shape index (κ1) is 14.0. The van der Waals surface area contributed by atoms with Gasteiger partial charge >= 0.3 is 0 Å². The van der Waals surface area contributed by atoms with Crippen molar-refractivity contribution >= 4 is 62.8 Å². The quantitative estimate of drug-likeness (QED) is 0.571. The molecule has 1 aromatic carbocycles. The maximum absolute atomic E-state index is 6.29. The first-order valence-corrected chi connectivity index (χ1v) is 8.78. The molecule has 0 radical (unpaired) electrons. The van der Waals surface area contributed by atoms with Crippen LogP contribution in [0.1, 0.15) is 29.3 Å². The average molecular weight is 424 g/mol. The fraction of sp³-hybridized carbons (Fsp3) is 0.286. The Morgan fingerprint density at radius 2 is 2.11 bits per heavy atom. The van der Waals surface area contributed by atoms with Gasteiger partial charge < -0.3 is 5.32 Å². The number of rotatable bonds is 2. The van der Waals surface area contributed by atoms with Crippen LogP contribution in [-0.4, -0.2) is 0 Å². The largest absolute Gasteiger partial charge is 0.377 e. The summed E-state index contributed by atoms with van der Waals surface area (Å²) in [5.74, 6) is 0. The van der Waals surface area contributed by atoms with E-state index in [2.05, 4.69) is 40.0 Å². The zero-order valence-corrected chi connectivity index (χ0v) is 14.5. The molecule has 1 heterocycles. The Kier molecular flexibility index (Phi) is 4.27. The van der Waals surface area contributed by atoms with E-state index in [-0.39, 0.29) is 0 Å². The van der Waals surface area contributed by atoms with Crippen molar-refractivity contribution in [3.63, 3.8) is 0 Å². The molecule has 0 bridgehead atoms. The second kappa shape index (κ2) is 5.80. The molecule has 5 heteroatoms. The van der Waals surface area contributed by atoms with Crippen molar-refractivity contribution in [2.45, 2.75) is 25.3 Å². The third kappa shape index (κ3) is 3.04. The number of aryl methyl sites for hydroxylation is 1. The zero-order valence-electron chi connectivity index (χ0n) is 10.1. The Labute approximate surface area is 140 Å². The van der Waals surface area contributed by atoms with Gasteiger partial charge in [0.1, 0.15) is 0 Å². The number of hydrogen-bond acceptors (Lipinski definition) is 2. The summed E-state index contributed by atoms with van der Waals surface area (Å²) in [7, 11) is 0. The summed E-state index contributed by atoms with van der Waals surface area (Å²) in [6, 6.07) is 8.52. The van der Waals surface area contributed by atoms with Crippen LogP contribution in [0.5, 0.6) is 0 Å². The number of anilines is 1. The highest BCUT2D eigenvalue weighted by atomic mass is 127. The molecule has 1 atom stereocenters. The maximum atomic E-state index is 6.29. The van der Waals surface area contributed by atoms with E-state index >= 15 is 0 Å². The Bertz CT molecular complexity index is 611. The minimum Gasteiger partial charge on any atom is -0.377 e. The van der Waals surface area contributed by atoms with Crippen molar-refractivity contribution < 1.29 is 0 Å². The van der Waals surface area contributed by atoms with Crippen molar-refractivity contribution in [1.29, 1.82) is 0 Å². The minimum absolute atomic E-state index is 0.324. The smallest absolute Gasteiger partial charge is 0.0934 e. The number of thiophene rings is 1. The van der Waals surface area contributed by atoms with Crippen LogP contribution in [-0.2, 0) is 6.42 Å². The molecule has 0 saturated heterocycles. The van der Waals surface area contributed by atoms with E-state index in [0.29, 0.717) is 6.04 Å². The predicted octanol–water partition coefficient (Wildman–Crippen LogP) is 6.15. The highest BCUT2D eigenvalue weighted by molar-refractivity contribution is 14.1. The first-order chi connectivity index (χ1) is 9.13. The molecule has 1 unspecified atom stereocenters. The molecule has 19 heavy (non-hydrogen) atoms. The van der Waals surface area contributed by atoms with Gasteiger partial charge in [0.15, 0.2) is 0 Å². The molecule has 1 nitrogen and oxygen atoms in total. The van der Waals surface area contributed by atoms with Gasteiger partial charge in [-0.15, -0.1) is 11.3 Å². The van der Waals surface area contributed by atoms with Gasteiger partial charge in [0, 0.05) is 8.45 Å². The normalized spacial score (nSPS) is 18.2. The summed E-state index contributed by atoms with van der Waals surface area (Å²) in [5.41, 5.74) is 2.35. The fourth-order valence-electron chi connectivity index (χ4n) is 2.47. The van der Waals surface area contributed by atoms with Crippen molar-refractivity contribution in [3.05, 3.63) is 47.6 Å². The van der Waals surface area contributed by atoms with Crippen LogP contribution in [0.4, 0.5) is 5.69 Å². The van der Waals surface area contributed by atoms with E-state index in [1.807, 2.05) is 12.1 Å². The van der Waals surface area contributed by atoms with Crippen LogP contribution in [0, 0.1) is 3.57 Å². The maximum Gasteiger partial charge on any atom is 0.0934 e. The molecule has 0 spiro atoms. The molecule has 0 fully saturated rings. The summed E-state index contributed by atoms with van der Waals surface area (Å²) in [4.78, 5) is 1.41. The fourth-order valence-corrected chi connectivity index (χ4v) is 4.76. The van der Waals surface area contributed by atoms with Crippen LogP contribution < -0.4 is 5.32 Å². The highest BCUT2D eigenvalue weighted by Crippen LogP contribution is 2.40. The summed E-state index contributed by atoms with van der Waals surface area (Å²) < 4.78 is 2.03. The molecule has 0 saturated carbocycles. The number of hydrogen-bond donors (Lipinski definition) is 1. The van der Waals surface area contributed by atoms with Crippen molar-refractivity contribution in [2.24, 2.45) is 0 Å². The van der Waals surface area contributed by atoms with Gasteiger partial charge in [0.25, 0.3) is 0 Å². The van der Waals surface area contributed by atoms with Crippen molar-refractivity contribution in [1.82, 2.24) is 0 Å². The van der Waals surface area contributed by atoms with Gasteiger partial charge in [-0.1, -0.05) is 23.2 Å². The predicted molar refractivity (Wildman–Crippen MR) is 92.8 cm³/mol. The monoisotopic (exact) mass is 423 g/mol. The lowest BCUT2D eigenvalue weighted by Crippen LogP contribution is -2.15. The average Bonchev–Trinajstić information content (AvgIpc) is 2.74. The molecule has 2 aromatic rings. The molecule has 1 aliphatic rings. The molecule has 0 amide bonds. The highest BCUT2D eigenvalue weighted by Gasteiger charge is 2.23. The number of halogens is 3. The molecule has 3 rings (SSSR count). The molecule has 1 aliphatic carbocycles. The summed E-state index contributed by atoms with van der Waals surface area (Å²) in [6.07, 6.45) is 3.47. The molecular weight excluding hydrogens is 412 g/mol. The molecule has 1 aromatic heterocycles. The summed E-state index contributed by atoms with van der Waals surface area (Å²) in [6.45, 7) is 0. The minimum atomic E-state index is 0.324. The van der Waals surface area contributed by atoms with Crippen LogP contribution in [0.3, 0.4) is 0 Å². The number of fused-ring (bicyclic) bond motifs is 1. The molecule has 0 aliphatic heterocycles. The Balaban J connectivity index is 1.88. The number of benzene rings is 1. The van der Waals surface area contributed by atoms with Gasteiger partial charge in [-0.3, -0.25) is 0 Å². The van der Waals surface area contributed by atoms with E-state index in [1.165, 1.54) is 16.9 Å². The summed E-state index contributed by atoms with van der Waals surface area (Å²) >= 11 is 16.4. The van der Waals surface area contributed by atoms with Gasteiger partial charge in [0.05, 0.1) is 21.1 Å². The van der Waals surface area contributed by atoms with E-state index in [9.17, 15) is 0 Å². The van der Waals surface area contributed by atoms with E-state index < -0.39 is 0 Å². The van der Waals surface area contributed by atoms with E-state index in [0.717, 1.165) is 31.5 Å². The lowest BCUT2D eigenvalue weighted by Gasteiger charge is -2.25. The first-order valence-electron chi connectivity index (χ1n) is 6.13. The summed E-state index contributed by atoms with van der Waals surface area (Å²) in [5, 5.41) is 4.34. The third-order valence-corrected chi connectivity index (χ3v) is 5.67. The second-order valence-electron chi connectivity index (χ2n) is 4.64. The van der Waals surface area contributed by atoms with Gasteiger partial charge in [-0.25, -0.2) is 0 Å². The van der Waals surface area contributed by atoms with Gasteiger partial charge in [0.2, 0.25) is 0 Å². The Hall–Kier alpha value is 0.0300. The molecule has 1 N–H and O–H groups in total. The van der Waals surface area contributed by atoms with Crippen LogP contribution >= 0.6 is 57.1 Å². The van der Waals surface area contributed by atoms with Crippen molar-refractivity contribution in [3.8, 4) is 0 Å². The van der Waals surface area contributed by atoms with Crippen LogP contribution in [0.2, 0.25) is 9.36 Å². The van der Waals surface area contributed by atoms with Crippen LogP contribution in [0.25, 0.3) is 0 Å². The lowest BCUT2D eigenvalue weighted by atomic mass is 9.94. The standard InChI is InChI=1S/C14H12Cl2INS/c15-10-6-8(17)4-5-12(10)18-11-2-1-3-13-9(11)7-14(16)19-13/h4-7,11,18H,1-3H2. The lowest BCUT2D eigenvalue weighted by molar-refractivity contribution is 0.609. The number of nitrogens with one attached hydrogen (secondary N) is 1. The third-order valence-electron chi connectivity index (χ3n) is 3.34. The zero-order chi connectivity index (χ0) is 13.4. The molecular formula is C14H12Cl2INS. The Morgan fingerprint density at radius 3 is 2.89 bits per heavy atom. The van der Waals surface area contributed by atoms with Gasteiger partial charge in [-0.05, 0) is 71.7 Å². The Morgan fingerprint density at radius 1 is 1.26 bits per heavy atom. The van der Waals surface area contributed by atoms with E-state index in [1.54, 1.807) is 11.3 Å². The topological polar surface area (TPSA) is 12.0 Å². The van der Waals surface area contributed by atoms with Crippen LogP contribution in [0.15, 0.2) is 24.3 Å². The van der Waals surface area contributed by atoms with Crippen molar-refractivity contribution in [2.75, 3.05) is 5.32 Å². The molecule has 100 valence electrons. The van der Waals surface area contributed by atoms with E-state index in [4.69, 9.17) is 23.2 Å². The second-order valence-corrected chi connectivity index (χ2v) is 8.06.